The summed E-state index contributed by atoms with van der Waals surface area (Å²) in [6.45, 7) is -1.45. The molecule has 2 N–H and O–H groups in total. The van der Waals surface area contributed by atoms with Gasteiger partial charge in [-0.2, -0.15) is 18.3 Å². The highest BCUT2D eigenvalue weighted by atomic mass is 35.5. The van der Waals surface area contributed by atoms with E-state index in [1.165, 1.54) is 0 Å². The Morgan fingerprint density at radius 1 is 1.33 bits per heavy atom. The molecule has 1 aromatic rings. The Hall–Kier alpha value is -1.83. The maximum Gasteiger partial charge on any atom is 0.405 e. The predicted molar refractivity (Wildman–Crippen MR) is 54.2 cm³/mol. The zero-order valence-electron chi connectivity index (χ0n) is 8.56. The summed E-state index contributed by atoms with van der Waals surface area (Å²) in [5, 5.41) is 7.00. The molecule has 2 rings (SSSR count). The van der Waals surface area contributed by atoms with Crippen LogP contribution in [0.15, 0.2) is 16.9 Å². The van der Waals surface area contributed by atoms with Gasteiger partial charge in [-0.3, -0.25) is 14.7 Å². The summed E-state index contributed by atoms with van der Waals surface area (Å²) in [6.07, 6.45) is -3.46. The molecule has 96 valence electrons. The Balaban J connectivity index is 2.33. The van der Waals surface area contributed by atoms with E-state index >= 15 is 0 Å². The van der Waals surface area contributed by atoms with Crippen LogP contribution in [0.4, 0.5) is 13.2 Å². The summed E-state index contributed by atoms with van der Waals surface area (Å²) in [5.74, 6) is -1.57. The third kappa shape index (κ3) is 2.10. The molecule has 0 atom stereocenters. The number of aromatic amines is 1. The van der Waals surface area contributed by atoms with Crippen LogP contribution in [0.25, 0.3) is 0 Å². The topological polar surface area (TPSA) is 74.8 Å². The van der Waals surface area contributed by atoms with Crippen LogP contribution >= 0.6 is 11.6 Å². The van der Waals surface area contributed by atoms with Gasteiger partial charge in [0.15, 0.2) is 0 Å². The van der Waals surface area contributed by atoms with Crippen molar-refractivity contribution in [2.45, 2.75) is 6.18 Å². The molecule has 1 aromatic heterocycles. The van der Waals surface area contributed by atoms with Crippen LogP contribution < -0.4 is 5.32 Å². The number of rotatable bonds is 2. The molecule has 0 aliphatic heterocycles. The van der Waals surface area contributed by atoms with E-state index in [1.54, 1.807) is 0 Å². The van der Waals surface area contributed by atoms with Crippen LogP contribution in [-0.2, 0) is 0 Å². The molecule has 0 bridgehead atoms. The quantitative estimate of drug-likeness (QED) is 0.858. The van der Waals surface area contributed by atoms with Crippen molar-refractivity contribution in [1.82, 2.24) is 15.5 Å². The first kappa shape index (κ1) is 12.6. The second-order valence-corrected chi connectivity index (χ2v) is 3.85. The molecule has 0 saturated heterocycles. The van der Waals surface area contributed by atoms with Gasteiger partial charge in [0, 0.05) is 0 Å². The largest absolute Gasteiger partial charge is 0.405 e. The van der Waals surface area contributed by atoms with E-state index < -0.39 is 35.0 Å². The molecule has 0 amide bonds. The highest BCUT2D eigenvalue weighted by molar-refractivity contribution is 6.49. The Bertz CT molecular complexity index is 562. The fourth-order valence-corrected chi connectivity index (χ4v) is 1.68. The number of alkyl halides is 3. The SMILES string of the molecule is O=C1C(NCC(F)(F)F)=C(Cl)C(=O)c2[nH]ncc21. The van der Waals surface area contributed by atoms with Crippen LogP contribution in [-0.4, -0.2) is 34.5 Å². The van der Waals surface area contributed by atoms with Gasteiger partial charge in [0.05, 0.1) is 11.8 Å². The molecular formula is C9H5ClF3N3O2. The van der Waals surface area contributed by atoms with Gasteiger partial charge in [-0.05, 0) is 0 Å². The van der Waals surface area contributed by atoms with Crippen molar-refractivity contribution in [2.24, 2.45) is 0 Å². The minimum absolute atomic E-state index is 0.103. The number of nitrogens with one attached hydrogen (secondary N) is 2. The van der Waals surface area contributed by atoms with Gasteiger partial charge < -0.3 is 5.32 Å². The lowest BCUT2D eigenvalue weighted by molar-refractivity contribution is -0.123. The zero-order chi connectivity index (χ0) is 13.5. The van der Waals surface area contributed by atoms with Gasteiger partial charge in [0.1, 0.15) is 23.0 Å². The summed E-state index contributed by atoms with van der Waals surface area (Å²) in [4.78, 5) is 23.4. The van der Waals surface area contributed by atoms with Crippen LogP contribution in [0.3, 0.4) is 0 Å². The summed E-state index contributed by atoms with van der Waals surface area (Å²) in [6, 6.07) is 0. The van der Waals surface area contributed by atoms with E-state index in [0.717, 1.165) is 6.20 Å². The molecule has 0 unspecified atom stereocenters. The number of carbonyl (C=O) groups is 2. The summed E-state index contributed by atoms with van der Waals surface area (Å²) in [7, 11) is 0. The van der Waals surface area contributed by atoms with Crippen LogP contribution in [0.2, 0.25) is 0 Å². The van der Waals surface area contributed by atoms with E-state index in [0.29, 0.717) is 0 Å². The molecule has 0 radical (unpaired) electrons. The van der Waals surface area contributed by atoms with E-state index in [2.05, 4.69) is 10.2 Å². The minimum atomic E-state index is -4.52. The average molecular weight is 280 g/mol. The van der Waals surface area contributed by atoms with E-state index in [1.807, 2.05) is 5.32 Å². The van der Waals surface area contributed by atoms with Crippen molar-refractivity contribution >= 4 is 23.2 Å². The maximum absolute atomic E-state index is 12.1. The standard InChI is InChI=1S/C9H5ClF3N3O2/c10-4-6(14-2-9(11,12)13)7(17)3-1-15-16-5(3)8(4)18/h1,14H,2H2,(H,15,16). The molecule has 9 heteroatoms. The Labute approximate surface area is 103 Å². The van der Waals surface area contributed by atoms with E-state index in [4.69, 9.17) is 11.6 Å². The monoisotopic (exact) mass is 279 g/mol. The molecule has 0 fully saturated rings. The van der Waals surface area contributed by atoms with Gasteiger partial charge in [-0.15, -0.1) is 0 Å². The van der Waals surface area contributed by atoms with E-state index in [-0.39, 0.29) is 11.3 Å². The second kappa shape index (κ2) is 4.13. The lowest BCUT2D eigenvalue weighted by atomic mass is 9.99. The third-order valence-electron chi connectivity index (χ3n) is 2.22. The number of hydrogen-bond acceptors (Lipinski definition) is 4. The Morgan fingerprint density at radius 2 is 2.00 bits per heavy atom. The fourth-order valence-electron chi connectivity index (χ4n) is 1.44. The van der Waals surface area contributed by atoms with Crippen LogP contribution in [0.1, 0.15) is 20.8 Å². The number of Topliss-reactive ketones (excluding diaryl/α,β-unsaturated/α-hetero) is 2. The van der Waals surface area contributed by atoms with Crippen molar-refractivity contribution in [3.8, 4) is 0 Å². The number of allylic oxidation sites excluding steroid dienone is 2. The normalized spacial score (nSPS) is 16.0. The number of halogens is 4. The summed E-state index contributed by atoms with van der Waals surface area (Å²) < 4.78 is 36.2. The zero-order valence-corrected chi connectivity index (χ0v) is 9.32. The number of ketones is 2. The molecule has 1 aliphatic carbocycles. The average Bonchev–Trinajstić information content (AvgIpc) is 2.73. The lowest BCUT2D eigenvalue weighted by Crippen LogP contribution is -2.34. The van der Waals surface area contributed by atoms with Gasteiger partial charge in [-0.25, -0.2) is 0 Å². The lowest BCUT2D eigenvalue weighted by Gasteiger charge is -2.16. The fraction of sp³-hybridized carbons (Fsp3) is 0.222. The minimum Gasteiger partial charge on any atom is -0.372 e. The Morgan fingerprint density at radius 3 is 2.61 bits per heavy atom. The first-order valence-electron chi connectivity index (χ1n) is 4.64. The molecule has 0 spiro atoms. The number of carbonyl (C=O) groups excluding carboxylic acids is 2. The number of fused-ring (bicyclic) bond motifs is 1. The maximum atomic E-state index is 12.1. The van der Waals surface area contributed by atoms with Crippen LogP contribution in [0.5, 0.6) is 0 Å². The summed E-state index contributed by atoms with van der Waals surface area (Å²) >= 11 is 5.57. The van der Waals surface area contributed by atoms with Crippen LogP contribution in [0, 0.1) is 0 Å². The highest BCUT2D eigenvalue weighted by Gasteiger charge is 2.35. The van der Waals surface area contributed by atoms with Crippen molar-refractivity contribution in [2.75, 3.05) is 6.54 Å². The number of nitrogens with zero attached hydrogens (tertiary/aromatic N) is 1. The van der Waals surface area contributed by atoms with Crippen molar-refractivity contribution in [1.29, 1.82) is 0 Å². The Kier molecular flexibility index (Phi) is 2.89. The highest BCUT2D eigenvalue weighted by Crippen LogP contribution is 2.26. The first-order chi connectivity index (χ1) is 8.31. The number of aromatic nitrogens is 2. The van der Waals surface area contributed by atoms with E-state index in [9.17, 15) is 22.8 Å². The molecular weight excluding hydrogens is 275 g/mol. The van der Waals surface area contributed by atoms with Crippen molar-refractivity contribution < 1.29 is 22.8 Å². The molecule has 0 aromatic carbocycles. The summed E-state index contributed by atoms with van der Waals surface area (Å²) in [5.41, 5.74) is -0.787. The number of H-pyrrole nitrogens is 1. The second-order valence-electron chi connectivity index (χ2n) is 3.47. The molecule has 1 heterocycles. The predicted octanol–water partition coefficient (Wildman–Crippen LogP) is 1.39. The number of hydrogen-bond donors (Lipinski definition) is 2. The first-order valence-corrected chi connectivity index (χ1v) is 5.02. The molecule has 5 nitrogen and oxygen atoms in total. The third-order valence-corrected chi connectivity index (χ3v) is 2.58. The van der Waals surface area contributed by atoms with Gasteiger partial charge in [0.25, 0.3) is 0 Å². The van der Waals surface area contributed by atoms with Gasteiger partial charge >= 0.3 is 6.18 Å². The smallest absolute Gasteiger partial charge is 0.372 e. The molecule has 18 heavy (non-hydrogen) atoms. The van der Waals surface area contributed by atoms with Crippen molar-refractivity contribution in [3.05, 3.63) is 28.2 Å². The van der Waals surface area contributed by atoms with Gasteiger partial charge in [0.2, 0.25) is 11.6 Å². The molecule has 0 saturated carbocycles. The van der Waals surface area contributed by atoms with Gasteiger partial charge in [-0.1, -0.05) is 11.6 Å². The van der Waals surface area contributed by atoms with Crippen molar-refractivity contribution in [3.63, 3.8) is 0 Å². The molecule has 1 aliphatic rings.